The van der Waals surface area contributed by atoms with Gasteiger partial charge in [-0.3, -0.25) is 4.90 Å². The van der Waals surface area contributed by atoms with Gasteiger partial charge in [-0.1, -0.05) is 24.6 Å². The number of nitrogens with two attached hydrogens (primary N) is 1. The zero-order valence-electron chi connectivity index (χ0n) is 10.4. The van der Waals surface area contributed by atoms with Gasteiger partial charge in [-0.05, 0) is 31.0 Å². The molecule has 0 aromatic heterocycles. The van der Waals surface area contributed by atoms with E-state index in [1.807, 2.05) is 0 Å². The summed E-state index contributed by atoms with van der Waals surface area (Å²) in [6.07, 6.45) is 0.966. The van der Waals surface area contributed by atoms with Crippen molar-refractivity contribution in [3.8, 4) is 0 Å². The largest absolute Gasteiger partial charge is 0.327 e. The van der Waals surface area contributed by atoms with Crippen molar-refractivity contribution in [3.05, 3.63) is 34.6 Å². The second-order valence-corrected chi connectivity index (χ2v) is 5.27. The molecule has 1 saturated heterocycles. The number of halogens is 3. The second-order valence-electron chi connectivity index (χ2n) is 4.87. The minimum Gasteiger partial charge on any atom is -0.327 e. The van der Waals surface area contributed by atoms with Crippen molar-refractivity contribution in [2.24, 2.45) is 11.7 Å². The summed E-state index contributed by atoms with van der Waals surface area (Å²) in [5.41, 5.74) is 6.56. The normalized spacial score (nSPS) is 24.7. The molecule has 2 N–H and O–H groups in total. The number of rotatable bonds is 2. The van der Waals surface area contributed by atoms with Crippen molar-refractivity contribution < 1.29 is 4.39 Å². The fourth-order valence-corrected chi connectivity index (χ4v) is 2.52. The molecule has 1 aliphatic heterocycles. The summed E-state index contributed by atoms with van der Waals surface area (Å²) in [5, 5.41) is 0.507. The van der Waals surface area contributed by atoms with Crippen LogP contribution in [0.1, 0.15) is 18.9 Å². The Morgan fingerprint density at radius 1 is 1.50 bits per heavy atom. The van der Waals surface area contributed by atoms with Gasteiger partial charge < -0.3 is 5.73 Å². The zero-order chi connectivity index (χ0) is 12.4. The first-order valence-corrected chi connectivity index (χ1v) is 6.36. The molecule has 1 heterocycles. The predicted octanol–water partition coefficient (Wildman–Crippen LogP) is 3.07. The van der Waals surface area contributed by atoms with Crippen molar-refractivity contribution in [2.45, 2.75) is 25.9 Å². The van der Waals surface area contributed by atoms with E-state index in [4.69, 9.17) is 17.3 Å². The summed E-state index contributed by atoms with van der Waals surface area (Å²) in [6, 6.07) is 5.09. The van der Waals surface area contributed by atoms with E-state index in [1.165, 1.54) is 6.07 Å². The number of likely N-dealkylation sites (tertiary alicyclic amines) is 1. The van der Waals surface area contributed by atoms with Gasteiger partial charge in [0.1, 0.15) is 5.82 Å². The summed E-state index contributed by atoms with van der Waals surface area (Å²) < 4.78 is 13.6. The Morgan fingerprint density at radius 2 is 2.22 bits per heavy atom. The molecule has 5 heteroatoms. The summed E-state index contributed by atoms with van der Waals surface area (Å²) >= 11 is 6.02. The first kappa shape index (κ1) is 15.7. The first-order chi connectivity index (χ1) is 8.08. The third-order valence-corrected chi connectivity index (χ3v) is 3.85. The van der Waals surface area contributed by atoms with E-state index in [-0.39, 0.29) is 24.3 Å². The Labute approximate surface area is 119 Å². The van der Waals surface area contributed by atoms with Crippen LogP contribution in [0.3, 0.4) is 0 Å². The average Bonchev–Trinajstić information content (AvgIpc) is 2.28. The highest BCUT2D eigenvalue weighted by molar-refractivity contribution is 6.31. The zero-order valence-corrected chi connectivity index (χ0v) is 12.0. The number of nitrogens with zero attached hydrogens (tertiary/aromatic N) is 1. The van der Waals surface area contributed by atoms with Crippen molar-refractivity contribution >= 4 is 24.0 Å². The van der Waals surface area contributed by atoms with Crippen LogP contribution in [0.5, 0.6) is 0 Å². The molecular weight excluding hydrogens is 274 g/mol. The molecule has 0 spiro atoms. The molecule has 1 aliphatic rings. The van der Waals surface area contributed by atoms with E-state index in [2.05, 4.69) is 11.8 Å². The van der Waals surface area contributed by atoms with Crippen LogP contribution in [0.15, 0.2) is 18.2 Å². The molecule has 0 radical (unpaired) electrons. The minimum absolute atomic E-state index is 0. The van der Waals surface area contributed by atoms with Gasteiger partial charge in [0.15, 0.2) is 0 Å². The monoisotopic (exact) mass is 292 g/mol. The summed E-state index contributed by atoms with van der Waals surface area (Å²) in [6.45, 7) is 4.53. The lowest BCUT2D eigenvalue weighted by molar-refractivity contribution is 0.156. The minimum atomic E-state index is -0.222. The summed E-state index contributed by atoms with van der Waals surface area (Å²) in [7, 11) is 0. The Morgan fingerprint density at radius 3 is 2.83 bits per heavy atom. The maximum Gasteiger partial charge on any atom is 0.129 e. The van der Waals surface area contributed by atoms with Gasteiger partial charge >= 0.3 is 0 Å². The molecule has 2 rings (SSSR count). The summed E-state index contributed by atoms with van der Waals surface area (Å²) in [4.78, 5) is 2.22. The van der Waals surface area contributed by atoms with Crippen LogP contribution in [-0.4, -0.2) is 24.0 Å². The van der Waals surface area contributed by atoms with Crippen LogP contribution in [0.4, 0.5) is 4.39 Å². The molecule has 102 valence electrons. The Balaban J connectivity index is 0.00000162. The van der Waals surface area contributed by atoms with E-state index in [1.54, 1.807) is 12.1 Å². The molecule has 1 aromatic carbocycles. The molecular formula is C13H19Cl2FN2. The van der Waals surface area contributed by atoms with Crippen LogP contribution in [-0.2, 0) is 6.54 Å². The maximum atomic E-state index is 13.6. The third kappa shape index (κ3) is 3.58. The van der Waals surface area contributed by atoms with Gasteiger partial charge in [0.05, 0.1) is 0 Å². The van der Waals surface area contributed by atoms with Gasteiger partial charge in [0, 0.05) is 29.7 Å². The van der Waals surface area contributed by atoms with Crippen LogP contribution in [0, 0.1) is 11.7 Å². The smallest absolute Gasteiger partial charge is 0.129 e. The molecule has 0 saturated carbocycles. The van der Waals surface area contributed by atoms with Gasteiger partial charge in [-0.15, -0.1) is 12.4 Å². The highest BCUT2D eigenvalue weighted by Gasteiger charge is 2.24. The van der Waals surface area contributed by atoms with Gasteiger partial charge in [0.25, 0.3) is 0 Å². The Bertz CT molecular complexity index is 380. The molecule has 0 amide bonds. The van der Waals surface area contributed by atoms with Crippen LogP contribution >= 0.6 is 24.0 Å². The number of benzene rings is 1. The number of piperidine rings is 1. The molecule has 18 heavy (non-hydrogen) atoms. The van der Waals surface area contributed by atoms with Crippen LogP contribution in [0.25, 0.3) is 0 Å². The highest BCUT2D eigenvalue weighted by Crippen LogP contribution is 2.23. The van der Waals surface area contributed by atoms with Gasteiger partial charge in [0.2, 0.25) is 0 Å². The van der Waals surface area contributed by atoms with E-state index in [0.29, 0.717) is 23.0 Å². The first-order valence-electron chi connectivity index (χ1n) is 5.98. The topological polar surface area (TPSA) is 29.3 Å². The highest BCUT2D eigenvalue weighted by atomic mass is 35.5. The molecule has 2 nitrogen and oxygen atoms in total. The molecule has 1 aromatic rings. The van der Waals surface area contributed by atoms with Crippen molar-refractivity contribution in [1.82, 2.24) is 4.90 Å². The van der Waals surface area contributed by atoms with Gasteiger partial charge in [-0.2, -0.15) is 0 Å². The Hall–Kier alpha value is -0.350. The van der Waals surface area contributed by atoms with E-state index < -0.39 is 0 Å². The lowest BCUT2D eigenvalue weighted by Gasteiger charge is -2.35. The third-order valence-electron chi connectivity index (χ3n) is 3.50. The van der Waals surface area contributed by atoms with E-state index in [0.717, 1.165) is 19.5 Å². The summed E-state index contributed by atoms with van der Waals surface area (Å²) in [5.74, 6) is 0.231. The van der Waals surface area contributed by atoms with Crippen LogP contribution in [0.2, 0.25) is 5.02 Å². The average molecular weight is 293 g/mol. The molecule has 0 aliphatic carbocycles. The van der Waals surface area contributed by atoms with Crippen molar-refractivity contribution in [3.63, 3.8) is 0 Å². The quantitative estimate of drug-likeness (QED) is 0.908. The predicted molar refractivity (Wildman–Crippen MR) is 75.7 cm³/mol. The standard InChI is InChI=1S/C13H18ClFN2.ClH/c1-9-7-17(6-5-13(9)16)8-10-11(14)3-2-4-12(10)15;/h2-4,9,13H,5-8,16H2,1H3;1H. The van der Waals surface area contributed by atoms with Crippen molar-refractivity contribution in [1.29, 1.82) is 0 Å². The lowest BCUT2D eigenvalue weighted by Crippen LogP contribution is -2.45. The molecule has 0 bridgehead atoms. The Kier molecular flexibility index (Phi) is 5.86. The molecule has 2 unspecified atom stereocenters. The fourth-order valence-electron chi connectivity index (χ4n) is 2.30. The second kappa shape index (κ2) is 6.71. The lowest BCUT2D eigenvalue weighted by atomic mass is 9.94. The SMILES string of the molecule is CC1CN(Cc2c(F)cccc2Cl)CCC1N.Cl. The van der Waals surface area contributed by atoms with Crippen molar-refractivity contribution in [2.75, 3.05) is 13.1 Å². The van der Waals surface area contributed by atoms with E-state index >= 15 is 0 Å². The number of hydrogen-bond acceptors (Lipinski definition) is 2. The van der Waals surface area contributed by atoms with Crippen LogP contribution < -0.4 is 5.73 Å². The van der Waals surface area contributed by atoms with Gasteiger partial charge in [-0.25, -0.2) is 4.39 Å². The van der Waals surface area contributed by atoms with E-state index in [9.17, 15) is 4.39 Å². The number of hydrogen-bond donors (Lipinski definition) is 1. The maximum absolute atomic E-state index is 13.6. The molecule has 2 atom stereocenters. The molecule has 1 fully saturated rings. The fraction of sp³-hybridized carbons (Fsp3) is 0.538.